The molecule has 114 valence electrons. The van der Waals surface area contributed by atoms with Gasteiger partial charge in [0.15, 0.2) is 0 Å². The van der Waals surface area contributed by atoms with Gasteiger partial charge >= 0.3 is 18.1 Å². The van der Waals surface area contributed by atoms with Gasteiger partial charge in [-0.05, 0) is 13.0 Å². The number of ether oxygens (including phenoxy) is 1. The summed E-state index contributed by atoms with van der Waals surface area (Å²) in [6, 6.07) is 1.87. The fourth-order valence-electron chi connectivity index (χ4n) is 1.10. The lowest BCUT2D eigenvalue weighted by atomic mass is 10.1. The van der Waals surface area contributed by atoms with Crippen LogP contribution >= 0.6 is 0 Å². The zero-order chi connectivity index (χ0) is 15.2. The molecule has 0 saturated carbocycles. The number of halogens is 4. The van der Waals surface area contributed by atoms with E-state index < -0.39 is 18.8 Å². The first-order valence-corrected chi connectivity index (χ1v) is 5.50. The van der Waals surface area contributed by atoms with E-state index in [9.17, 15) is 17.6 Å². The molecule has 2 N–H and O–H groups in total. The zero-order valence-corrected chi connectivity index (χ0v) is 10.1. The van der Waals surface area contributed by atoms with Crippen molar-refractivity contribution in [2.45, 2.75) is 25.3 Å². The summed E-state index contributed by atoms with van der Waals surface area (Å²) >= 11 is 0. The number of hydrogen-bond donors (Lipinski definition) is 2. The van der Waals surface area contributed by atoms with Crippen LogP contribution in [-0.4, -0.2) is 41.6 Å². The maximum Gasteiger partial charge on any atom is 0.490 e. The summed E-state index contributed by atoms with van der Waals surface area (Å²) in [6.07, 6.45) is -3.97. The van der Waals surface area contributed by atoms with Crippen LogP contribution < -0.4 is 10.1 Å². The molecule has 0 bridgehead atoms. The molecule has 1 aliphatic heterocycles. The van der Waals surface area contributed by atoms with E-state index in [0.717, 1.165) is 13.0 Å². The molecular weight excluding hydrogens is 288 g/mol. The summed E-state index contributed by atoms with van der Waals surface area (Å²) in [5.74, 6) is -2.46. The van der Waals surface area contributed by atoms with Gasteiger partial charge in [0.1, 0.15) is 19.0 Å². The SMILES string of the molecule is FCc1cc(OC[C@@H]2CCN2)on1.O=C(O)C(F)(F)F. The Balaban J connectivity index is 0.000000246. The lowest BCUT2D eigenvalue weighted by molar-refractivity contribution is -0.192. The van der Waals surface area contributed by atoms with E-state index in [1.165, 1.54) is 6.07 Å². The Labute approximate surface area is 110 Å². The molecular formula is C10H12F4N2O4. The molecule has 1 aromatic rings. The van der Waals surface area contributed by atoms with Gasteiger partial charge in [-0.1, -0.05) is 5.16 Å². The number of nitrogens with one attached hydrogen (secondary N) is 1. The second kappa shape index (κ2) is 7.08. The van der Waals surface area contributed by atoms with Gasteiger partial charge < -0.3 is 19.7 Å². The molecule has 0 aliphatic carbocycles. The van der Waals surface area contributed by atoms with Crippen LogP contribution in [0.1, 0.15) is 12.1 Å². The fourth-order valence-corrected chi connectivity index (χ4v) is 1.10. The summed E-state index contributed by atoms with van der Waals surface area (Å²) in [5.41, 5.74) is 0.275. The van der Waals surface area contributed by atoms with Crippen LogP contribution in [0, 0.1) is 0 Å². The molecule has 1 aliphatic rings. The van der Waals surface area contributed by atoms with Crippen LogP contribution in [0.3, 0.4) is 0 Å². The van der Waals surface area contributed by atoms with Gasteiger partial charge in [-0.2, -0.15) is 13.2 Å². The monoisotopic (exact) mass is 300 g/mol. The largest absolute Gasteiger partial charge is 0.490 e. The summed E-state index contributed by atoms with van der Waals surface area (Å²) in [5, 5.41) is 13.8. The van der Waals surface area contributed by atoms with E-state index >= 15 is 0 Å². The van der Waals surface area contributed by atoms with Crippen molar-refractivity contribution in [2.75, 3.05) is 13.2 Å². The second-order valence-corrected chi connectivity index (χ2v) is 3.82. The Hall–Kier alpha value is -1.84. The summed E-state index contributed by atoms with van der Waals surface area (Å²) < 4.78 is 53.7. The molecule has 0 radical (unpaired) electrons. The van der Waals surface area contributed by atoms with Crippen molar-refractivity contribution < 1.29 is 36.7 Å². The maximum atomic E-state index is 12.0. The van der Waals surface area contributed by atoms with Gasteiger partial charge in [0.25, 0.3) is 0 Å². The highest BCUT2D eigenvalue weighted by atomic mass is 19.4. The van der Waals surface area contributed by atoms with Crippen LogP contribution in [0.2, 0.25) is 0 Å². The molecule has 6 nitrogen and oxygen atoms in total. The molecule has 2 rings (SSSR count). The number of rotatable bonds is 4. The first kappa shape index (κ1) is 16.2. The number of alkyl halides is 4. The third-order valence-corrected chi connectivity index (χ3v) is 2.27. The number of carbonyl (C=O) groups is 1. The Bertz CT molecular complexity index is 431. The smallest absolute Gasteiger partial charge is 0.475 e. The quantitative estimate of drug-likeness (QED) is 0.820. The lowest BCUT2D eigenvalue weighted by Crippen LogP contribution is -2.46. The minimum absolute atomic E-state index is 0.275. The van der Waals surface area contributed by atoms with Crippen LogP contribution in [-0.2, 0) is 11.5 Å². The number of hydrogen-bond acceptors (Lipinski definition) is 5. The third kappa shape index (κ3) is 5.43. The van der Waals surface area contributed by atoms with E-state index in [0.29, 0.717) is 18.6 Å². The Morgan fingerprint density at radius 3 is 2.55 bits per heavy atom. The van der Waals surface area contributed by atoms with Crippen molar-refractivity contribution in [1.82, 2.24) is 10.5 Å². The van der Waals surface area contributed by atoms with Gasteiger partial charge in [0.2, 0.25) is 0 Å². The van der Waals surface area contributed by atoms with Crippen molar-refractivity contribution in [2.24, 2.45) is 0 Å². The van der Waals surface area contributed by atoms with Gasteiger partial charge in [-0.25, -0.2) is 9.18 Å². The van der Waals surface area contributed by atoms with Gasteiger partial charge in [0.05, 0.1) is 0 Å². The fraction of sp³-hybridized carbons (Fsp3) is 0.600. The van der Waals surface area contributed by atoms with Gasteiger partial charge in [-0.15, -0.1) is 0 Å². The van der Waals surface area contributed by atoms with Crippen LogP contribution in [0.15, 0.2) is 10.6 Å². The molecule has 1 atom stereocenters. The van der Waals surface area contributed by atoms with Gasteiger partial charge in [-0.3, -0.25) is 0 Å². The highest BCUT2D eigenvalue weighted by Gasteiger charge is 2.38. The molecule has 1 aromatic heterocycles. The van der Waals surface area contributed by atoms with E-state index in [1.807, 2.05) is 0 Å². The first-order chi connectivity index (χ1) is 9.32. The molecule has 1 saturated heterocycles. The van der Waals surface area contributed by atoms with Gasteiger partial charge in [0, 0.05) is 12.1 Å². The number of carboxylic acid groups (broad SMARTS) is 1. The van der Waals surface area contributed by atoms with Crippen LogP contribution in [0.25, 0.3) is 0 Å². The Morgan fingerprint density at radius 2 is 2.20 bits per heavy atom. The Kier molecular flexibility index (Phi) is 5.74. The minimum Gasteiger partial charge on any atom is -0.475 e. The molecule has 0 amide bonds. The topological polar surface area (TPSA) is 84.6 Å². The average molecular weight is 300 g/mol. The number of aliphatic carboxylic acids is 1. The first-order valence-electron chi connectivity index (χ1n) is 5.50. The van der Waals surface area contributed by atoms with Crippen LogP contribution in [0.4, 0.5) is 17.6 Å². The van der Waals surface area contributed by atoms with Crippen molar-refractivity contribution >= 4 is 5.97 Å². The average Bonchev–Trinajstić information content (AvgIpc) is 2.74. The summed E-state index contributed by atoms with van der Waals surface area (Å²) in [7, 11) is 0. The molecule has 0 unspecified atom stereocenters. The molecule has 1 fully saturated rings. The standard InChI is InChI=1S/C8H11FN2O2.C2HF3O2/c9-4-7-3-8(13-11-7)12-5-6-1-2-10-6;3-2(4,5)1(6)7/h3,6,10H,1-2,4-5H2;(H,6,7)/t6-;/m0./s1. The predicted octanol–water partition coefficient (Wildman–Crippen LogP) is 1.52. The third-order valence-electron chi connectivity index (χ3n) is 2.27. The highest BCUT2D eigenvalue weighted by Crippen LogP contribution is 2.14. The zero-order valence-electron chi connectivity index (χ0n) is 10.1. The normalized spacial score (nSPS) is 17.7. The second-order valence-electron chi connectivity index (χ2n) is 3.82. The molecule has 10 heteroatoms. The van der Waals surface area contributed by atoms with Crippen LogP contribution in [0.5, 0.6) is 5.95 Å². The molecule has 0 aromatic carbocycles. The number of aromatic nitrogens is 1. The molecule has 20 heavy (non-hydrogen) atoms. The van der Waals surface area contributed by atoms with E-state index in [1.54, 1.807) is 0 Å². The van der Waals surface area contributed by atoms with E-state index in [4.69, 9.17) is 19.2 Å². The molecule has 2 heterocycles. The predicted molar refractivity (Wildman–Crippen MR) is 56.9 cm³/mol. The Morgan fingerprint density at radius 1 is 1.60 bits per heavy atom. The van der Waals surface area contributed by atoms with E-state index in [2.05, 4.69) is 10.5 Å². The van der Waals surface area contributed by atoms with E-state index in [-0.39, 0.29) is 5.69 Å². The van der Waals surface area contributed by atoms with Crippen molar-refractivity contribution in [1.29, 1.82) is 0 Å². The number of nitrogens with zero attached hydrogens (tertiary/aromatic N) is 1. The van der Waals surface area contributed by atoms with Crippen molar-refractivity contribution in [3.8, 4) is 5.95 Å². The summed E-state index contributed by atoms with van der Waals surface area (Å²) in [6.45, 7) is 0.982. The molecule has 0 spiro atoms. The highest BCUT2D eigenvalue weighted by molar-refractivity contribution is 5.73. The number of carboxylic acids is 1. The van der Waals surface area contributed by atoms with Crippen molar-refractivity contribution in [3.63, 3.8) is 0 Å². The maximum absolute atomic E-state index is 12.0. The lowest BCUT2D eigenvalue weighted by Gasteiger charge is -2.26. The van der Waals surface area contributed by atoms with Crippen molar-refractivity contribution in [3.05, 3.63) is 11.8 Å². The minimum atomic E-state index is -5.08. The summed E-state index contributed by atoms with van der Waals surface area (Å²) in [4.78, 5) is 8.90.